The van der Waals surface area contributed by atoms with Gasteiger partial charge in [0.2, 0.25) is 5.91 Å². The highest BCUT2D eigenvalue weighted by molar-refractivity contribution is 5.92. The number of likely N-dealkylation sites (tertiary alicyclic amines) is 1. The van der Waals surface area contributed by atoms with E-state index in [2.05, 4.69) is 55.1 Å². The molecule has 2 fully saturated rings. The first-order valence-corrected chi connectivity index (χ1v) is 16.3. The summed E-state index contributed by atoms with van der Waals surface area (Å²) in [5, 5.41) is 13.0. The lowest BCUT2D eigenvalue weighted by Crippen LogP contribution is -2.78. The summed E-state index contributed by atoms with van der Waals surface area (Å²) in [6, 6.07) is 24.6. The summed E-state index contributed by atoms with van der Waals surface area (Å²) in [6.07, 6.45) is 7.10. The predicted molar refractivity (Wildman–Crippen MR) is 173 cm³/mol. The molecule has 1 N–H and O–H groups in total. The van der Waals surface area contributed by atoms with Gasteiger partial charge in [0.05, 0.1) is 24.2 Å². The second-order valence-electron chi connectivity index (χ2n) is 13.5. The van der Waals surface area contributed by atoms with Crippen LogP contribution in [0, 0.1) is 5.92 Å². The van der Waals surface area contributed by atoms with E-state index in [4.69, 9.17) is 9.47 Å². The molecule has 6 nitrogen and oxygen atoms in total. The molecule has 2 aliphatic heterocycles. The Morgan fingerprint density at radius 3 is 2.57 bits per heavy atom. The molecule has 2 aliphatic carbocycles. The Labute approximate surface area is 261 Å². The number of hydrogen-bond acceptors (Lipinski definition) is 5. The summed E-state index contributed by atoms with van der Waals surface area (Å²) < 4.78 is 12.8. The van der Waals surface area contributed by atoms with Crippen molar-refractivity contribution in [3.63, 3.8) is 0 Å². The molecule has 1 saturated carbocycles. The molecule has 4 aliphatic rings. The number of piperidine rings is 1. The van der Waals surface area contributed by atoms with Crippen molar-refractivity contribution in [2.45, 2.75) is 75.2 Å². The molecule has 0 radical (unpaired) electrons. The monoisotopic (exact) mass is 592 g/mol. The molecule has 44 heavy (non-hydrogen) atoms. The van der Waals surface area contributed by atoms with E-state index in [1.165, 1.54) is 11.1 Å². The zero-order valence-corrected chi connectivity index (χ0v) is 26.1. The minimum Gasteiger partial charge on any atom is -0.493 e. The van der Waals surface area contributed by atoms with Gasteiger partial charge < -0.3 is 19.5 Å². The van der Waals surface area contributed by atoms with Crippen LogP contribution in [-0.2, 0) is 23.1 Å². The average Bonchev–Trinajstić information content (AvgIpc) is 3.39. The van der Waals surface area contributed by atoms with Gasteiger partial charge in [-0.15, -0.1) is 0 Å². The molecule has 1 amide bonds. The van der Waals surface area contributed by atoms with Gasteiger partial charge in [0.1, 0.15) is 6.10 Å². The molecule has 7 rings (SSSR count). The maximum absolute atomic E-state index is 14.0. The van der Waals surface area contributed by atoms with Crippen LogP contribution in [-0.4, -0.2) is 71.3 Å². The number of carbonyl (C=O) groups is 1. The van der Waals surface area contributed by atoms with Crippen molar-refractivity contribution < 1.29 is 19.4 Å². The maximum atomic E-state index is 14.0. The van der Waals surface area contributed by atoms with Crippen LogP contribution in [0.4, 0.5) is 0 Å². The number of aliphatic hydroxyl groups is 1. The number of nitrogens with zero attached hydrogens (tertiary/aromatic N) is 2. The smallest absolute Gasteiger partial charge is 0.246 e. The van der Waals surface area contributed by atoms with Crippen molar-refractivity contribution in [2.75, 3.05) is 26.7 Å². The fraction of sp³-hybridized carbons (Fsp3) is 0.447. The standard InChI is InChI=1S/C38H44N2O4/c1-26(2)25-40(33(41)17-14-27-10-6-4-7-11-27)30-18-20-38(42)32-24-29-15-16-31(43-3)35-34(29)37(38,36(30)44-35)21-23-39(32)22-19-28-12-8-5-9-13-28/h4-17,26,30,32,36,42H,18-25H2,1-3H3/t30-,32+,36-,37-,38+/m0/s1. The van der Waals surface area contributed by atoms with Crippen molar-refractivity contribution in [3.05, 3.63) is 101 Å². The van der Waals surface area contributed by atoms with E-state index in [-0.39, 0.29) is 30.0 Å². The van der Waals surface area contributed by atoms with Crippen LogP contribution in [0.2, 0.25) is 0 Å². The molecule has 0 aromatic heterocycles. The molecule has 2 bridgehead atoms. The molecule has 6 heteroatoms. The van der Waals surface area contributed by atoms with Gasteiger partial charge in [-0.05, 0) is 73.4 Å². The van der Waals surface area contributed by atoms with Gasteiger partial charge in [0.15, 0.2) is 11.5 Å². The zero-order valence-electron chi connectivity index (χ0n) is 26.1. The molecule has 3 aromatic rings. The van der Waals surface area contributed by atoms with Crippen LogP contribution in [0.25, 0.3) is 6.08 Å². The third-order valence-electron chi connectivity index (χ3n) is 10.7. The molecular formula is C38H44N2O4. The van der Waals surface area contributed by atoms with Crippen LogP contribution in [0.3, 0.4) is 0 Å². The molecule has 1 spiro atoms. The van der Waals surface area contributed by atoms with Crippen LogP contribution in [0.15, 0.2) is 78.9 Å². The number of benzene rings is 3. The van der Waals surface area contributed by atoms with E-state index in [0.29, 0.717) is 25.1 Å². The Morgan fingerprint density at radius 1 is 1.09 bits per heavy atom. The van der Waals surface area contributed by atoms with Gasteiger partial charge in [-0.1, -0.05) is 80.6 Å². The van der Waals surface area contributed by atoms with E-state index < -0.39 is 11.0 Å². The van der Waals surface area contributed by atoms with Crippen LogP contribution >= 0.6 is 0 Å². The molecular weight excluding hydrogens is 548 g/mol. The van der Waals surface area contributed by atoms with Crippen molar-refractivity contribution in [3.8, 4) is 11.5 Å². The summed E-state index contributed by atoms with van der Waals surface area (Å²) in [6.45, 7) is 6.73. The molecule has 1 saturated heterocycles. The number of hydrogen-bond donors (Lipinski definition) is 1. The second kappa shape index (κ2) is 11.4. The van der Waals surface area contributed by atoms with E-state index in [1.807, 2.05) is 47.4 Å². The van der Waals surface area contributed by atoms with Crippen LogP contribution < -0.4 is 9.47 Å². The normalized spacial score (nSPS) is 28.5. The first kappa shape index (κ1) is 29.1. The minimum atomic E-state index is -0.958. The maximum Gasteiger partial charge on any atom is 0.246 e. The Kier molecular flexibility index (Phi) is 7.54. The third-order valence-corrected chi connectivity index (χ3v) is 10.7. The first-order chi connectivity index (χ1) is 21.4. The van der Waals surface area contributed by atoms with Gasteiger partial charge >= 0.3 is 0 Å². The average molecular weight is 593 g/mol. The lowest BCUT2D eigenvalue weighted by molar-refractivity contribution is -0.201. The predicted octanol–water partition coefficient (Wildman–Crippen LogP) is 5.66. The number of methoxy groups -OCH3 is 1. The fourth-order valence-electron chi connectivity index (χ4n) is 8.87. The van der Waals surface area contributed by atoms with Gasteiger partial charge in [-0.2, -0.15) is 0 Å². The van der Waals surface area contributed by atoms with Crippen molar-refractivity contribution in [2.24, 2.45) is 5.92 Å². The number of ether oxygens (including phenoxy) is 2. The Morgan fingerprint density at radius 2 is 1.84 bits per heavy atom. The zero-order chi connectivity index (χ0) is 30.5. The van der Waals surface area contributed by atoms with E-state index in [0.717, 1.165) is 49.2 Å². The number of rotatable bonds is 9. The highest BCUT2D eigenvalue weighted by Gasteiger charge is 2.73. The second-order valence-corrected chi connectivity index (χ2v) is 13.5. The quantitative estimate of drug-likeness (QED) is 0.325. The Balaban J connectivity index is 1.27. The summed E-state index contributed by atoms with van der Waals surface area (Å²) in [4.78, 5) is 18.6. The summed E-state index contributed by atoms with van der Waals surface area (Å²) in [5.41, 5.74) is 3.14. The topological polar surface area (TPSA) is 62.2 Å². The van der Waals surface area contributed by atoms with E-state index >= 15 is 0 Å². The third kappa shape index (κ3) is 4.57. The first-order valence-electron chi connectivity index (χ1n) is 16.3. The minimum absolute atomic E-state index is 0.00575. The summed E-state index contributed by atoms with van der Waals surface area (Å²) in [7, 11) is 1.69. The number of amides is 1. The molecule has 5 atom stereocenters. The Bertz CT molecular complexity index is 1540. The van der Waals surface area contributed by atoms with Gasteiger partial charge in [0, 0.05) is 30.8 Å². The largest absolute Gasteiger partial charge is 0.493 e. The lowest BCUT2D eigenvalue weighted by atomic mass is 9.48. The summed E-state index contributed by atoms with van der Waals surface area (Å²) in [5.74, 6) is 1.77. The Hall–Kier alpha value is -3.61. The highest BCUT2D eigenvalue weighted by atomic mass is 16.5. The highest BCUT2D eigenvalue weighted by Crippen LogP contribution is 2.66. The summed E-state index contributed by atoms with van der Waals surface area (Å²) >= 11 is 0. The molecule has 2 heterocycles. The van der Waals surface area contributed by atoms with Crippen LogP contribution in [0.1, 0.15) is 55.4 Å². The molecule has 3 aromatic carbocycles. The van der Waals surface area contributed by atoms with Gasteiger partial charge in [-0.3, -0.25) is 9.69 Å². The number of carbonyl (C=O) groups excluding carboxylic acids is 1. The van der Waals surface area contributed by atoms with Gasteiger partial charge in [0.25, 0.3) is 0 Å². The van der Waals surface area contributed by atoms with E-state index in [1.54, 1.807) is 13.2 Å². The lowest BCUT2D eigenvalue weighted by Gasteiger charge is -2.65. The van der Waals surface area contributed by atoms with E-state index in [9.17, 15) is 9.90 Å². The van der Waals surface area contributed by atoms with Crippen LogP contribution in [0.5, 0.6) is 11.5 Å². The molecule has 230 valence electrons. The fourth-order valence-corrected chi connectivity index (χ4v) is 8.87. The van der Waals surface area contributed by atoms with Crippen molar-refractivity contribution in [1.29, 1.82) is 0 Å². The SMILES string of the molecule is COc1ccc2c3c1O[C@H]1[C@@H](N(CC(C)C)C(=O)C=Cc4ccccc4)CC[C@@]4(O)[C@@H](C2)N(CCc2ccccc2)CC[C@]314. The molecule has 0 unspecified atom stereocenters. The van der Waals surface area contributed by atoms with Crippen molar-refractivity contribution >= 4 is 12.0 Å². The van der Waals surface area contributed by atoms with Crippen molar-refractivity contribution in [1.82, 2.24) is 9.80 Å². The van der Waals surface area contributed by atoms with Gasteiger partial charge in [-0.25, -0.2) is 0 Å².